The maximum atomic E-state index is 11.3. The van der Waals surface area contributed by atoms with Gasteiger partial charge in [0.05, 0.1) is 0 Å². The van der Waals surface area contributed by atoms with Crippen LogP contribution >= 0.6 is 0 Å². The molecular formula is C9H10O11. The van der Waals surface area contributed by atoms with Crippen LogP contribution in [-0.2, 0) is 23.9 Å². The minimum Gasteiger partial charge on any atom is -0.481 e. The van der Waals surface area contributed by atoms with Gasteiger partial charge >= 0.3 is 17.9 Å². The van der Waals surface area contributed by atoms with Crippen LogP contribution in [0.2, 0.25) is 0 Å². The molecule has 0 spiro atoms. The van der Waals surface area contributed by atoms with Crippen molar-refractivity contribution in [3.05, 3.63) is 0 Å². The average molecular weight is 294 g/mol. The summed E-state index contributed by atoms with van der Waals surface area (Å²) >= 11 is 0. The molecule has 11 nitrogen and oxygen atoms in total. The molecule has 2 rings (SSSR count). The first-order valence-electron chi connectivity index (χ1n) is 5.22. The van der Waals surface area contributed by atoms with Gasteiger partial charge in [0, 0.05) is 0 Å². The second-order valence-corrected chi connectivity index (χ2v) is 4.41. The summed E-state index contributed by atoms with van der Waals surface area (Å²) in [4.78, 5) is 33.5. The summed E-state index contributed by atoms with van der Waals surface area (Å²) in [5.41, 5.74) is -3.27. The smallest absolute Gasteiger partial charge is 0.342 e. The molecule has 11 heteroatoms. The van der Waals surface area contributed by atoms with Crippen molar-refractivity contribution < 1.29 is 54.5 Å². The first-order chi connectivity index (χ1) is 9.07. The molecule has 2 aliphatic rings. The van der Waals surface area contributed by atoms with Gasteiger partial charge in [-0.05, 0) is 0 Å². The van der Waals surface area contributed by atoms with Gasteiger partial charge in [0.1, 0.15) is 5.92 Å². The average Bonchev–Trinajstić information content (AvgIpc) is 2.48. The normalized spacial score (nSPS) is 42.1. The summed E-state index contributed by atoms with van der Waals surface area (Å²) in [5, 5.41) is 56.0. The fourth-order valence-corrected chi connectivity index (χ4v) is 2.43. The van der Waals surface area contributed by atoms with Gasteiger partial charge in [0.15, 0.2) is 18.5 Å². The van der Waals surface area contributed by atoms with Gasteiger partial charge < -0.3 is 40.1 Å². The second-order valence-electron chi connectivity index (χ2n) is 4.41. The number of aliphatic carboxylic acids is 3. The summed E-state index contributed by atoms with van der Waals surface area (Å²) in [6.07, 6.45) is -6.60. The topological polar surface area (TPSA) is 191 Å². The molecule has 20 heavy (non-hydrogen) atoms. The first kappa shape index (κ1) is 14.6. The highest BCUT2D eigenvalue weighted by molar-refractivity contribution is 5.92. The Morgan fingerprint density at radius 2 is 1.55 bits per heavy atom. The fourth-order valence-electron chi connectivity index (χ4n) is 2.43. The molecule has 0 aliphatic carbocycles. The molecular weight excluding hydrogens is 284 g/mol. The van der Waals surface area contributed by atoms with Crippen LogP contribution in [0.4, 0.5) is 0 Å². The molecule has 0 radical (unpaired) electrons. The molecule has 2 fully saturated rings. The Morgan fingerprint density at radius 3 is 1.95 bits per heavy atom. The van der Waals surface area contributed by atoms with E-state index < -0.39 is 53.7 Å². The standard InChI is InChI=1S/C9H10O11/c10-3-6-19-2(5(13)14)1(4(11)12)8(20-6,7(15)16)9(3,17)18/h1-3,6,10,17-18H,(H,11,12)(H,13,14)(H,15,16). The summed E-state index contributed by atoms with van der Waals surface area (Å²) in [6.45, 7) is 0. The molecule has 2 bridgehead atoms. The summed E-state index contributed by atoms with van der Waals surface area (Å²) in [7, 11) is 0. The molecule has 0 aromatic carbocycles. The van der Waals surface area contributed by atoms with E-state index in [-0.39, 0.29) is 0 Å². The minimum atomic E-state index is -3.54. The molecule has 112 valence electrons. The highest BCUT2D eigenvalue weighted by Gasteiger charge is 2.79. The number of aliphatic hydroxyl groups excluding tert-OH is 1. The Balaban J connectivity index is 2.67. The molecule has 2 saturated heterocycles. The Hall–Kier alpha value is -1.79. The third-order valence-corrected chi connectivity index (χ3v) is 3.37. The van der Waals surface area contributed by atoms with E-state index in [1.807, 2.05) is 0 Å². The lowest BCUT2D eigenvalue weighted by atomic mass is 9.76. The largest absolute Gasteiger partial charge is 0.481 e. The molecule has 5 unspecified atom stereocenters. The molecule has 0 aromatic heterocycles. The predicted octanol–water partition coefficient (Wildman–Crippen LogP) is -3.61. The molecule has 0 amide bonds. The van der Waals surface area contributed by atoms with Crippen molar-refractivity contribution in [2.75, 3.05) is 0 Å². The van der Waals surface area contributed by atoms with Crippen molar-refractivity contribution >= 4 is 17.9 Å². The zero-order chi connectivity index (χ0) is 15.5. The number of ether oxygens (including phenoxy) is 2. The molecule has 0 saturated carbocycles. The fraction of sp³-hybridized carbons (Fsp3) is 0.667. The van der Waals surface area contributed by atoms with Crippen LogP contribution in [0, 0.1) is 5.92 Å². The van der Waals surface area contributed by atoms with Gasteiger partial charge in [-0.3, -0.25) is 4.79 Å². The van der Waals surface area contributed by atoms with Crippen molar-refractivity contribution in [3.63, 3.8) is 0 Å². The number of hydrogen-bond acceptors (Lipinski definition) is 8. The maximum Gasteiger partial charge on any atom is 0.342 e. The third-order valence-electron chi connectivity index (χ3n) is 3.37. The van der Waals surface area contributed by atoms with E-state index in [1.165, 1.54) is 0 Å². The van der Waals surface area contributed by atoms with Crippen LogP contribution in [0.15, 0.2) is 0 Å². The number of rotatable bonds is 3. The van der Waals surface area contributed by atoms with E-state index in [9.17, 15) is 29.7 Å². The number of carboxylic acid groups (broad SMARTS) is 3. The van der Waals surface area contributed by atoms with Crippen LogP contribution in [0.1, 0.15) is 0 Å². The Bertz CT molecular complexity index is 484. The van der Waals surface area contributed by atoms with Crippen molar-refractivity contribution in [1.82, 2.24) is 0 Å². The first-order valence-corrected chi connectivity index (χ1v) is 5.22. The van der Waals surface area contributed by atoms with Crippen LogP contribution < -0.4 is 0 Å². The van der Waals surface area contributed by atoms with Crippen molar-refractivity contribution in [2.24, 2.45) is 5.92 Å². The van der Waals surface area contributed by atoms with Gasteiger partial charge in [-0.2, -0.15) is 0 Å². The van der Waals surface area contributed by atoms with Crippen molar-refractivity contribution in [2.45, 2.75) is 29.9 Å². The van der Waals surface area contributed by atoms with Gasteiger partial charge in [0.2, 0.25) is 11.4 Å². The Kier molecular flexibility index (Phi) is 3.00. The van der Waals surface area contributed by atoms with Gasteiger partial charge in [-0.15, -0.1) is 0 Å². The van der Waals surface area contributed by atoms with Gasteiger partial charge in [-0.1, -0.05) is 0 Å². The SMILES string of the molecule is O=C(O)C1OC2OC(C(=O)O)(C1C(=O)O)C(O)(O)C2O. The summed E-state index contributed by atoms with van der Waals surface area (Å²) < 4.78 is 9.21. The van der Waals surface area contributed by atoms with E-state index in [2.05, 4.69) is 9.47 Å². The third kappa shape index (κ3) is 1.49. The highest BCUT2D eigenvalue weighted by Crippen LogP contribution is 2.50. The minimum absolute atomic E-state index is 1.85. The number of carboxylic acids is 3. The summed E-state index contributed by atoms with van der Waals surface area (Å²) in [5.74, 6) is -12.0. The Morgan fingerprint density at radius 1 is 1.00 bits per heavy atom. The molecule has 6 N–H and O–H groups in total. The zero-order valence-electron chi connectivity index (χ0n) is 9.53. The van der Waals surface area contributed by atoms with Gasteiger partial charge in [0.25, 0.3) is 0 Å². The molecule has 5 atom stereocenters. The van der Waals surface area contributed by atoms with Crippen LogP contribution in [-0.4, -0.2) is 78.4 Å². The van der Waals surface area contributed by atoms with Gasteiger partial charge in [-0.25, -0.2) is 9.59 Å². The van der Waals surface area contributed by atoms with Crippen LogP contribution in [0.3, 0.4) is 0 Å². The van der Waals surface area contributed by atoms with E-state index in [4.69, 9.17) is 15.3 Å². The lowest BCUT2D eigenvalue weighted by molar-refractivity contribution is -0.309. The van der Waals surface area contributed by atoms with Crippen molar-refractivity contribution in [3.8, 4) is 0 Å². The predicted molar refractivity (Wildman–Crippen MR) is 52.0 cm³/mol. The van der Waals surface area contributed by atoms with Crippen molar-refractivity contribution in [1.29, 1.82) is 0 Å². The zero-order valence-corrected chi connectivity index (χ0v) is 9.53. The molecule has 2 heterocycles. The maximum absolute atomic E-state index is 11.3. The second kappa shape index (κ2) is 4.10. The quantitative estimate of drug-likeness (QED) is 0.282. The van der Waals surface area contributed by atoms with Crippen LogP contribution in [0.25, 0.3) is 0 Å². The van der Waals surface area contributed by atoms with Crippen LogP contribution in [0.5, 0.6) is 0 Å². The number of fused-ring (bicyclic) bond motifs is 2. The van der Waals surface area contributed by atoms with E-state index in [0.29, 0.717) is 0 Å². The summed E-state index contributed by atoms with van der Waals surface area (Å²) in [6, 6.07) is 0. The van der Waals surface area contributed by atoms with E-state index in [0.717, 1.165) is 0 Å². The number of hydrogen-bond donors (Lipinski definition) is 6. The molecule has 2 aliphatic heterocycles. The monoisotopic (exact) mass is 294 g/mol. The van der Waals surface area contributed by atoms with E-state index in [1.54, 1.807) is 0 Å². The van der Waals surface area contributed by atoms with E-state index >= 15 is 0 Å². The highest BCUT2D eigenvalue weighted by atomic mass is 16.8. The number of aliphatic hydroxyl groups is 3. The lowest BCUT2D eigenvalue weighted by Crippen LogP contribution is -2.69. The Labute approximate surface area is 109 Å². The molecule has 0 aromatic rings. The lowest BCUT2D eigenvalue weighted by Gasteiger charge is -2.40. The number of carbonyl (C=O) groups is 3.